The Balaban J connectivity index is 1.18. The molecule has 0 bridgehead atoms. The number of sulfonamides is 1. The van der Waals surface area contributed by atoms with Crippen LogP contribution in [0.3, 0.4) is 0 Å². The summed E-state index contributed by atoms with van der Waals surface area (Å²) in [5, 5.41) is 3.16. The SMILES string of the molecule is C[C@@]1(Cc2ccc(Br)cc2)C(=O)N(c2cc(Cl)cc(Cl)c2)c2ncc(S(=O)(=O)N3CCN(C(=O)CNC(=O)CCN4CCOCC4)CC3)n21. The van der Waals surface area contributed by atoms with Gasteiger partial charge in [-0.05, 0) is 42.8 Å². The number of nitrogens with zero attached hydrogens (tertiary/aromatic N) is 6. The Bertz CT molecular complexity index is 1830. The molecular weight excluding hydrogens is 761 g/mol. The molecule has 49 heavy (non-hydrogen) atoms. The highest BCUT2D eigenvalue weighted by Crippen LogP contribution is 2.45. The van der Waals surface area contributed by atoms with E-state index in [1.165, 1.54) is 20.0 Å². The monoisotopic (exact) mass is 795 g/mol. The molecule has 1 atom stereocenters. The smallest absolute Gasteiger partial charge is 0.260 e. The second-order valence-electron chi connectivity index (χ2n) is 12.3. The Morgan fingerprint density at radius 3 is 2.31 bits per heavy atom. The Labute approximate surface area is 303 Å². The maximum Gasteiger partial charge on any atom is 0.260 e. The number of morpholine rings is 1. The maximum absolute atomic E-state index is 14.3. The summed E-state index contributed by atoms with van der Waals surface area (Å²) in [7, 11) is -4.18. The number of aromatic nitrogens is 2. The van der Waals surface area contributed by atoms with E-state index in [0.29, 0.717) is 35.5 Å². The number of nitrogens with one attached hydrogen (secondary N) is 1. The number of halogens is 3. The highest BCUT2D eigenvalue weighted by Gasteiger charge is 2.52. The van der Waals surface area contributed by atoms with Gasteiger partial charge in [-0.1, -0.05) is 51.3 Å². The van der Waals surface area contributed by atoms with E-state index >= 15 is 0 Å². The molecule has 0 spiro atoms. The van der Waals surface area contributed by atoms with E-state index in [1.807, 2.05) is 24.3 Å². The third kappa shape index (κ3) is 7.53. The normalized spacial score (nSPS) is 20.4. The predicted molar refractivity (Wildman–Crippen MR) is 188 cm³/mol. The Kier molecular flexibility index (Phi) is 10.7. The second-order valence-corrected chi connectivity index (χ2v) is 16.0. The van der Waals surface area contributed by atoms with Gasteiger partial charge in [-0.15, -0.1) is 0 Å². The fourth-order valence-electron chi connectivity index (χ4n) is 6.38. The fourth-order valence-corrected chi connectivity index (χ4v) is 8.77. The van der Waals surface area contributed by atoms with E-state index in [1.54, 1.807) is 30.0 Å². The maximum atomic E-state index is 14.3. The van der Waals surface area contributed by atoms with Gasteiger partial charge in [0.1, 0.15) is 5.54 Å². The van der Waals surface area contributed by atoms with E-state index in [-0.39, 0.29) is 68.4 Å². The van der Waals surface area contributed by atoms with Crippen LogP contribution in [0, 0.1) is 0 Å². The molecule has 262 valence electrons. The van der Waals surface area contributed by atoms with E-state index < -0.39 is 21.5 Å². The zero-order valence-corrected chi connectivity index (χ0v) is 30.7. The first-order valence-corrected chi connectivity index (χ1v) is 18.8. The first-order valence-electron chi connectivity index (χ1n) is 15.8. The van der Waals surface area contributed by atoms with Crippen LogP contribution in [0.2, 0.25) is 10.0 Å². The van der Waals surface area contributed by atoms with E-state index in [0.717, 1.165) is 23.1 Å². The van der Waals surface area contributed by atoms with Gasteiger partial charge < -0.3 is 15.0 Å². The molecular formula is C32H36BrCl2N7O6S. The number of anilines is 2. The van der Waals surface area contributed by atoms with Crippen LogP contribution in [0.15, 0.2) is 58.2 Å². The topological polar surface area (TPSA) is 137 Å². The van der Waals surface area contributed by atoms with Crippen LogP contribution in [-0.2, 0) is 41.1 Å². The number of carbonyl (C=O) groups excluding carboxylic acids is 3. The van der Waals surface area contributed by atoms with Gasteiger partial charge >= 0.3 is 0 Å². The first kappa shape index (κ1) is 35.8. The van der Waals surface area contributed by atoms with E-state index in [2.05, 4.69) is 31.1 Å². The van der Waals surface area contributed by atoms with Crippen molar-refractivity contribution < 1.29 is 27.5 Å². The largest absolute Gasteiger partial charge is 0.379 e. The Hall–Kier alpha value is -3.05. The zero-order chi connectivity index (χ0) is 34.9. The summed E-state index contributed by atoms with van der Waals surface area (Å²) in [6, 6.07) is 12.2. The molecule has 13 nitrogen and oxygen atoms in total. The van der Waals surface area contributed by atoms with Crippen molar-refractivity contribution in [3.8, 4) is 0 Å². The molecule has 1 N–H and O–H groups in total. The molecule has 3 aliphatic rings. The molecule has 0 aliphatic carbocycles. The average molecular weight is 798 g/mol. The van der Waals surface area contributed by atoms with Crippen LogP contribution in [0.1, 0.15) is 18.9 Å². The van der Waals surface area contributed by atoms with Gasteiger partial charge in [-0.2, -0.15) is 4.31 Å². The molecule has 0 radical (unpaired) electrons. The molecule has 0 unspecified atom stereocenters. The molecule has 0 saturated carbocycles. The molecule has 1 aromatic heterocycles. The fraction of sp³-hybridized carbons (Fsp3) is 0.438. The number of hydrogen-bond donors (Lipinski definition) is 1. The number of carbonyl (C=O) groups is 3. The molecule has 2 fully saturated rings. The minimum absolute atomic E-state index is 0.0323. The number of hydrogen-bond acceptors (Lipinski definition) is 8. The van der Waals surface area contributed by atoms with Crippen molar-refractivity contribution in [2.24, 2.45) is 0 Å². The number of benzene rings is 2. The van der Waals surface area contributed by atoms with Gasteiger partial charge in [0.2, 0.25) is 17.8 Å². The summed E-state index contributed by atoms with van der Waals surface area (Å²) >= 11 is 16.0. The molecule has 3 aromatic rings. The molecule has 6 rings (SSSR count). The van der Waals surface area contributed by atoms with E-state index in [9.17, 15) is 22.8 Å². The van der Waals surface area contributed by atoms with Gasteiger partial charge in [-0.3, -0.25) is 23.9 Å². The standard InChI is InChI=1S/C32H36BrCl2N7O6S/c1-32(19-22-2-4-23(33)5-3-22)30(45)41(26-17-24(34)16-25(35)18-26)31-37-21-29(42(31)32)49(46,47)40-10-8-39(9-11-40)28(44)20-36-27(43)6-7-38-12-14-48-15-13-38/h2-5,16-18,21H,6-15,19-20H2,1H3,(H,36,43)/t32-/m1/s1. The van der Waals surface area contributed by atoms with Crippen molar-refractivity contribution in [2.45, 2.75) is 30.3 Å². The Morgan fingerprint density at radius 1 is 1.00 bits per heavy atom. The van der Waals surface area contributed by atoms with Crippen LogP contribution in [0.25, 0.3) is 0 Å². The van der Waals surface area contributed by atoms with Gasteiger partial charge in [0.05, 0.1) is 31.6 Å². The second kappa shape index (κ2) is 14.7. The van der Waals surface area contributed by atoms with Crippen molar-refractivity contribution >= 4 is 78.5 Å². The van der Waals surface area contributed by atoms with Crippen LogP contribution in [0.5, 0.6) is 0 Å². The molecule has 3 amide bonds. The van der Waals surface area contributed by atoms with Gasteiger partial charge in [0, 0.05) is 73.2 Å². The summed E-state index contributed by atoms with van der Waals surface area (Å²) in [5.41, 5.74) is -0.208. The molecule has 2 aromatic carbocycles. The van der Waals surface area contributed by atoms with E-state index in [4.69, 9.17) is 27.9 Å². The predicted octanol–water partition coefficient (Wildman–Crippen LogP) is 3.26. The average Bonchev–Trinajstić information content (AvgIpc) is 3.61. The van der Waals surface area contributed by atoms with Crippen molar-refractivity contribution in [3.05, 3.63) is 68.7 Å². The lowest BCUT2D eigenvalue weighted by Crippen LogP contribution is -2.53. The van der Waals surface area contributed by atoms with Crippen LogP contribution < -0.4 is 10.2 Å². The lowest BCUT2D eigenvalue weighted by Gasteiger charge is -2.34. The molecule has 3 aliphatic heterocycles. The van der Waals surface area contributed by atoms with Gasteiger partial charge in [0.25, 0.3) is 15.9 Å². The summed E-state index contributed by atoms with van der Waals surface area (Å²) in [4.78, 5) is 49.1. The molecule has 4 heterocycles. The highest BCUT2D eigenvalue weighted by atomic mass is 79.9. The third-order valence-corrected chi connectivity index (χ3v) is 11.9. The van der Waals surface area contributed by atoms with Crippen molar-refractivity contribution in [3.63, 3.8) is 0 Å². The number of fused-ring (bicyclic) bond motifs is 1. The third-order valence-electron chi connectivity index (χ3n) is 9.03. The summed E-state index contributed by atoms with van der Waals surface area (Å²) in [5.74, 6) is -0.772. The number of amides is 3. The molecule has 17 heteroatoms. The van der Waals surface area contributed by atoms with Crippen LogP contribution >= 0.6 is 39.1 Å². The Morgan fingerprint density at radius 2 is 1.65 bits per heavy atom. The summed E-state index contributed by atoms with van der Waals surface area (Å²) < 4.78 is 37.5. The van der Waals surface area contributed by atoms with Crippen LogP contribution in [0.4, 0.5) is 11.6 Å². The van der Waals surface area contributed by atoms with Gasteiger partial charge in [0.15, 0.2) is 5.03 Å². The van der Waals surface area contributed by atoms with Crippen molar-refractivity contribution in [1.29, 1.82) is 0 Å². The number of imidazole rings is 1. The number of piperazine rings is 1. The molecule has 2 saturated heterocycles. The minimum atomic E-state index is -4.18. The zero-order valence-electron chi connectivity index (χ0n) is 26.8. The minimum Gasteiger partial charge on any atom is -0.379 e. The van der Waals surface area contributed by atoms with Gasteiger partial charge in [-0.25, -0.2) is 18.3 Å². The van der Waals surface area contributed by atoms with Crippen molar-refractivity contribution in [1.82, 2.24) is 29.0 Å². The quantitative estimate of drug-likeness (QED) is 0.331. The summed E-state index contributed by atoms with van der Waals surface area (Å²) in [6.45, 7) is 5.32. The van der Waals surface area contributed by atoms with Crippen molar-refractivity contribution in [2.75, 3.05) is 70.5 Å². The number of ether oxygens (including phenoxy) is 1. The highest BCUT2D eigenvalue weighted by molar-refractivity contribution is 9.10. The lowest BCUT2D eigenvalue weighted by atomic mass is 9.92. The van der Waals surface area contributed by atoms with Crippen LogP contribution in [-0.4, -0.2) is 115 Å². The number of rotatable bonds is 10. The lowest BCUT2D eigenvalue weighted by molar-refractivity contribution is -0.134. The first-order chi connectivity index (χ1) is 23.4. The summed E-state index contributed by atoms with van der Waals surface area (Å²) in [6.07, 6.45) is 1.72.